The molecule has 2 aromatic rings. The molecule has 0 atom stereocenters. The highest BCUT2D eigenvalue weighted by molar-refractivity contribution is 9.10. The maximum absolute atomic E-state index is 12.4. The van der Waals surface area contributed by atoms with Gasteiger partial charge in [0, 0.05) is 29.3 Å². The van der Waals surface area contributed by atoms with E-state index in [2.05, 4.69) is 21.2 Å². The Labute approximate surface area is 163 Å². The average molecular weight is 441 g/mol. The van der Waals surface area contributed by atoms with Crippen LogP contribution in [0.15, 0.2) is 40.9 Å². The summed E-state index contributed by atoms with van der Waals surface area (Å²) in [5.41, 5.74) is 1.05. The summed E-state index contributed by atoms with van der Waals surface area (Å²) >= 11 is 9.35. The molecule has 7 nitrogen and oxygen atoms in total. The van der Waals surface area contributed by atoms with Crippen molar-refractivity contribution in [2.45, 2.75) is 0 Å². The van der Waals surface area contributed by atoms with Gasteiger partial charge in [0.25, 0.3) is 11.6 Å². The number of nitro groups is 1. The van der Waals surface area contributed by atoms with Crippen LogP contribution in [0.3, 0.4) is 0 Å². The number of halogens is 2. The number of anilines is 2. The minimum Gasteiger partial charge on any atom is -0.378 e. The van der Waals surface area contributed by atoms with E-state index in [1.807, 2.05) is 4.90 Å². The molecular weight excluding hydrogens is 426 g/mol. The number of rotatable bonds is 4. The molecule has 2 aromatic carbocycles. The number of nitro benzene ring substituents is 1. The van der Waals surface area contributed by atoms with Crippen molar-refractivity contribution in [1.29, 1.82) is 0 Å². The van der Waals surface area contributed by atoms with Crippen LogP contribution in [0.5, 0.6) is 0 Å². The zero-order chi connectivity index (χ0) is 18.7. The highest BCUT2D eigenvalue weighted by Gasteiger charge is 2.22. The van der Waals surface area contributed by atoms with Crippen LogP contribution in [0.25, 0.3) is 0 Å². The normalized spacial score (nSPS) is 14.2. The molecule has 1 N–H and O–H groups in total. The summed E-state index contributed by atoms with van der Waals surface area (Å²) in [6.45, 7) is 2.22. The molecule has 3 rings (SSSR count). The summed E-state index contributed by atoms with van der Waals surface area (Å²) in [5.74, 6) is -0.440. The van der Waals surface area contributed by atoms with Crippen LogP contribution >= 0.6 is 27.5 Å². The number of carbonyl (C=O) groups is 1. The van der Waals surface area contributed by atoms with Crippen molar-refractivity contribution in [1.82, 2.24) is 0 Å². The first kappa shape index (κ1) is 18.6. The molecule has 0 saturated carbocycles. The van der Waals surface area contributed by atoms with E-state index < -0.39 is 10.8 Å². The van der Waals surface area contributed by atoms with Gasteiger partial charge < -0.3 is 15.0 Å². The van der Waals surface area contributed by atoms with Gasteiger partial charge in [0.1, 0.15) is 5.69 Å². The Balaban J connectivity index is 1.86. The fourth-order valence-electron chi connectivity index (χ4n) is 2.69. The average Bonchev–Trinajstić information content (AvgIpc) is 2.64. The Morgan fingerprint density at radius 3 is 2.65 bits per heavy atom. The number of nitrogens with zero attached hydrogens (tertiary/aromatic N) is 2. The summed E-state index contributed by atoms with van der Waals surface area (Å²) in [5, 5.41) is 14.4. The van der Waals surface area contributed by atoms with Crippen LogP contribution in [0, 0.1) is 10.1 Å². The maximum atomic E-state index is 12.4. The van der Waals surface area contributed by atoms with E-state index in [1.54, 1.807) is 30.3 Å². The Morgan fingerprint density at radius 2 is 1.96 bits per heavy atom. The monoisotopic (exact) mass is 439 g/mol. The fraction of sp³-hybridized carbons (Fsp3) is 0.235. The molecule has 26 heavy (non-hydrogen) atoms. The van der Waals surface area contributed by atoms with E-state index in [0.717, 1.165) is 0 Å². The fourth-order valence-corrected chi connectivity index (χ4v) is 3.25. The van der Waals surface area contributed by atoms with Crippen LogP contribution in [-0.2, 0) is 4.74 Å². The van der Waals surface area contributed by atoms with Crippen molar-refractivity contribution >= 4 is 50.5 Å². The van der Waals surface area contributed by atoms with Crippen molar-refractivity contribution in [2.75, 3.05) is 36.5 Å². The standard InChI is InChI=1S/C17H15BrClN3O4/c18-11-1-3-14(19)13(9-11)17(23)20-12-2-4-15(16(10-12)22(24)25)21-5-7-26-8-6-21/h1-4,9-10H,5-8H2,(H,20,23). The van der Waals surface area contributed by atoms with Crippen molar-refractivity contribution < 1.29 is 14.5 Å². The van der Waals surface area contributed by atoms with Crippen LogP contribution in [-0.4, -0.2) is 37.1 Å². The zero-order valence-corrected chi connectivity index (χ0v) is 15.9. The smallest absolute Gasteiger partial charge is 0.294 e. The highest BCUT2D eigenvalue weighted by Crippen LogP contribution is 2.32. The lowest BCUT2D eigenvalue weighted by molar-refractivity contribution is -0.384. The van der Waals surface area contributed by atoms with Gasteiger partial charge in [-0.25, -0.2) is 0 Å². The summed E-state index contributed by atoms with van der Waals surface area (Å²) in [6, 6.07) is 9.55. The predicted molar refractivity (Wildman–Crippen MR) is 103 cm³/mol. The first-order valence-electron chi connectivity index (χ1n) is 7.83. The summed E-state index contributed by atoms with van der Waals surface area (Å²) in [7, 11) is 0. The predicted octanol–water partition coefficient (Wildman–Crippen LogP) is 4.10. The number of hydrogen-bond acceptors (Lipinski definition) is 5. The summed E-state index contributed by atoms with van der Waals surface area (Å²) in [6.07, 6.45) is 0. The molecule has 1 aliphatic heterocycles. The maximum Gasteiger partial charge on any atom is 0.294 e. The molecule has 136 valence electrons. The third-order valence-corrected chi connectivity index (χ3v) is 4.78. The van der Waals surface area contributed by atoms with E-state index in [4.69, 9.17) is 16.3 Å². The topological polar surface area (TPSA) is 84.7 Å². The van der Waals surface area contributed by atoms with E-state index >= 15 is 0 Å². The van der Waals surface area contributed by atoms with Gasteiger partial charge in [-0.3, -0.25) is 14.9 Å². The molecule has 9 heteroatoms. The molecule has 0 aliphatic carbocycles. The largest absolute Gasteiger partial charge is 0.378 e. The quantitative estimate of drug-likeness (QED) is 0.571. The van der Waals surface area contributed by atoms with Gasteiger partial charge in [-0.1, -0.05) is 27.5 Å². The van der Waals surface area contributed by atoms with Crippen molar-refractivity contribution in [3.05, 3.63) is 61.6 Å². The van der Waals surface area contributed by atoms with Gasteiger partial charge in [-0.2, -0.15) is 0 Å². The van der Waals surface area contributed by atoms with Crippen LogP contribution in [0.2, 0.25) is 5.02 Å². The third-order valence-electron chi connectivity index (χ3n) is 3.95. The highest BCUT2D eigenvalue weighted by atomic mass is 79.9. The molecule has 0 bridgehead atoms. The van der Waals surface area contributed by atoms with Crippen molar-refractivity contribution in [3.8, 4) is 0 Å². The number of morpholine rings is 1. The van der Waals surface area contributed by atoms with Gasteiger partial charge in [0.2, 0.25) is 0 Å². The van der Waals surface area contributed by atoms with E-state index in [-0.39, 0.29) is 11.3 Å². The molecule has 0 unspecified atom stereocenters. The van der Waals surface area contributed by atoms with Crippen molar-refractivity contribution in [2.24, 2.45) is 0 Å². The number of hydrogen-bond donors (Lipinski definition) is 1. The minimum atomic E-state index is -0.452. The third kappa shape index (κ3) is 4.14. The first-order valence-corrected chi connectivity index (χ1v) is 9.00. The number of amides is 1. The second-order valence-electron chi connectivity index (χ2n) is 5.64. The summed E-state index contributed by atoms with van der Waals surface area (Å²) < 4.78 is 5.99. The molecule has 1 saturated heterocycles. The first-order chi connectivity index (χ1) is 12.5. The molecule has 0 spiro atoms. The molecule has 1 fully saturated rings. The van der Waals surface area contributed by atoms with E-state index in [9.17, 15) is 14.9 Å². The van der Waals surface area contributed by atoms with Gasteiger partial charge in [0.05, 0.1) is 28.7 Å². The number of benzene rings is 2. The molecule has 0 aromatic heterocycles. The van der Waals surface area contributed by atoms with E-state index in [0.29, 0.717) is 47.2 Å². The van der Waals surface area contributed by atoms with Gasteiger partial charge in [0.15, 0.2) is 0 Å². The Morgan fingerprint density at radius 1 is 1.23 bits per heavy atom. The number of nitrogens with one attached hydrogen (secondary N) is 1. The number of carbonyl (C=O) groups excluding carboxylic acids is 1. The SMILES string of the molecule is O=C(Nc1ccc(N2CCOCC2)c([N+](=O)[O-])c1)c1cc(Br)ccc1Cl. The Kier molecular flexibility index (Phi) is 5.75. The second kappa shape index (κ2) is 8.03. The van der Waals surface area contributed by atoms with Gasteiger partial charge >= 0.3 is 0 Å². The molecule has 1 amide bonds. The van der Waals surface area contributed by atoms with Gasteiger partial charge in [-0.05, 0) is 30.3 Å². The van der Waals surface area contributed by atoms with Crippen LogP contribution in [0.1, 0.15) is 10.4 Å². The number of ether oxygens (including phenoxy) is 1. The van der Waals surface area contributed by atoms with Crippen molar-refractivity contribution in [3.63, 3.8) is 0 Å². The zero-order valence-electron chi connectivity index (χ0n) is 13.6. The molecule has 0 radical (unpaired) electrons. The molecule has 1 aliphatic rings. The Hall–Kier alpha value is -2.16. The summed E-state index contributed by atoms with van der Waals surface area (Å²) in [4.78, 5) is 25.4. The lowest BCUT2D eigenvalue weighted by Crippen LogP contribution is -2.36. The Bertz CT molecular complexity index is 856. The molecular formula is C17H15BrClN3O4. The lowest BCUT2D eigenvalue weighted by atomic mass is 10.2. The lowest BCUT2D eigenvalue weighted by Gasteiger charge is -2.28. The van der Waals surface area contributed by atoms with Crippen LogP contribution in [0.4, 0.5) is 17.1 Å². The van der Waals surface area contributed by atoms with Gasteiger partial charge in [-0.15, -0.1) is 0 Å². The molecule has 1 heterocycles. The minimum absolute atomic E-state index is 0.0648. The van der Waals surface area contributed by atoms with Crippen LogP contribution < -0.4 is 10.2 Å². The van der Waals surface area contributed by atoms with E-state index in [1.165, 1.54) is 6.07 Å². The second-order valence-corrected chi connectivity index (χ2v) is 6.96.